The molecule has 0 bridgehead atoms. The van der Waals surface area contributed by atoms with Crippen LogP contribution in [0.1, 0.15) is 11.7 Å². The van der Waals surface area contributed by atoms with Crippen LogP contribution in [0.2, 0.25) is 0 Å². The standard InChI is InChI=1S/C10H14N4O2S/c1-15-7-4-3-6(5-8(7)16-2)9-11-13-10(17)14-12-9/h3-5,9,11-12H,1-2H3,(H2,13,14,17). The summed E-state index contributed by atoms with van der Waals surface area (Å²) in [5, 5.41) is 0.502. The summed E-state index contributed by atoms with van der Waals surface area (Å²) >= 11 is 4.90. The van der Waals surface area contributed by atoms with Crippen LogP contribution in [0, 0.1) is 0 Å². The fourth-order valence-electron chi connectivity index (χ4n) is 1.54. The fraction of sp³-hybridized carbons (Fsp3) is 0.300. The predicted molar refractivity (Wildman–Crippen MR) is 67.4 cm³/mol. The third kappa shape index (κ3) is 2.57. The van der Waals surface area contributed by atoms with Gasteiger partial charge in [0.1, 0.15) is 6.17 Å². The second-order valence-electron chi connectivity index (χ2n) is 3.42. The third-order valence-corrected chi connectivity index (χ3v) is 2.61. The maximum Gasteiger partial charge on any atom is 0.195 e. The van der Waals surface area contributed by atoms with Gasteiger partial charge in [-0.25, -0.2) is 10.9 Å². The Hall–Kier alpha value is -1.57. The lowest BCUT2D eigenvalue weighted by Gasteiger charge is -2.28. The number of hydrogen-bond acceptors (Lipinski definition) is 5. The Balaban J connectivity index is 2.18. The van der Waals surface area contributed by atoms with E-state index in [1.165, 1.54) is 0 Å². The first kappa shape index (κ1) is 11.9. The van der Waals surface area contributed by atoms with E-state index in [0.717, 1.165) is 5.56 Å². The molecule has 2 rings (SSSR count). The van der Waals surface area contributed by atoms with Crippen LogP contribution in [0.4, 0.5) is 0 Å². The zero-order chi connectivity index (χ0) is 12.3. The molecular weight excluding hydrogens is 240 g/mol. The molecule has 1 aliphatic heterocycles. The van der Waals surface area contributed by atoms with Crippen LogP contribution < -0.4 is 31.2 Å². The van der Waals surface area contributed by atoms with Crippen molar-refractivity contribution >= 4 is 17.3 Å². The molecule has 0 aliphatic carbocycles. The smallest absolute Gasteiger partial charge is 0.195 e. The van der Waals surface area contributed by atoms with E-state index in [2.05, 4.69) is 21.7 Å². The number of nitrogens with one attached hydrogen (secondary N) is 4. The van der Waals surface area contributed by atoms with Gasteiger partial charge in [0.2, 0.25) is 0 Å². The second kappa shape index (κ2) is 5.17. The number of thiocarbonyl (C=S) groups is 1. The van der Waals surface area contributed by atoms with Gasteiger partial charge in [-0.1, -0.05) is 6.07 Å². The highest BCUT2D eigenvalue weighted by Gasteiger charge is 2.17. The molecule has 0 radical (unpaired) electrons. The Morgan fingerprint density at radius 1 is 1.06 bits per heavy atom. The first-order chi connectivity index (χ1) is 8.24. The van der Waals surface area contributed by atoms with Gasteiger partial charge in [0.15, 0.2) is 16.6 Å². The highest BCUT2D eigenvalue weighted by molar-refractivity contribution is 7.80. The number of hydrazine groups is 2. The topological polar surface area (TPSA) is 66.6 Å². The zero-order valence-electron chi connectivity index (χ0n) is 9.53. The van der Waals surface area contributed by atoms with Gasteiger partial charge in [0.05, 0.1) is 14.2 Å². The molecule has 1 heterocycles. The molecule has 4 N–H and O–H groups in total. The fourth-order valence-corrected chi connectivity index (χ4v) is 1.66. The number of methoxy groups -OCH3 is 2. The van der Waals surface area contributed by atoms with E-state index in [0.29, 0.717) is 16.6 Å². The third-order valence-electron chi connectivity index (χ3n) is 2.40. The van der Waals surface area contributed by atoms with Crippen LogP contribution in [0.5, 0.6) is 11.5 Å². The lowest BCUT2D eigenvalue weighted by atomic mass is 10.1. The second-order valence-corrected chi connectivity index (χ2v) is 3.82. The lowest BCUT2D eigenvalue weighted by molar-refractivity contribution is 0.345. The summed E-state index contributed by atoms with van der Waals surface area (Å²) in [5.41, 5.74) is 12.7. The maximum atomic E-state index is 5.24. The van der Waals surface area contributed by atoms with E-state index in [1.807, 2.05) is 18.2 Å². The Bertz CT molecular complexity index is 417. The molecule has 6 nitrogen and oxygen atoms in total. The molecule has 0 atom stereocenters. The molecule has 0 unspecified atom stereocenters. The van der Waals surface area contributed by atoms with Crippen LogP contribution >= 0.6 is 12.2 Å². The quantitative estimate of drug-likeness (QED) is 0.574. The van der Waals surface area contributed by atoms with Gasteiger partial charge in [-0.2, -0.15) is 0 Å². The molecule has 0 amide bonds. The summed E-state index contributed by atoms with van der Waals surface area (Å²) in [4.78, 5) is 0. The lowest BCUT2D eigenvalue weighted by Crippen LogP contribution is -2.61. The molecule has 1 aromatic rings. The zero-order valence-corrected chi connectivity index (χ0v) is 10.4. The largest absolute Gasteiger partial charge is 0.493 e. The van der Waals surface area contributed by atoms with Crippen molar-refractivity contribution in [2.45, 2.75) is 6.17 Å². The van der Waals surface area contributed by atoms with Crippen LogP contribution in [-0.2, 0) is 0 Å². The average molecular weight is 254 g/mol. The van der Waals surface area contributed by atoms with Crippen molar-refractivity contribution in [3.63, 3.8) is 0 Å². The van der Waals surface area contributed by atoms with E-state index >= 15 is 0 Å². The van der Waals surface area contributed by atoms with Gasteiger partial charge < -0.3 is 9.47 Å². The maximum absolute atomic E-state index is 5.24. The monoisotopic (exact) mass is 254 g/mol. The Kier molecular flexibility index (Phi) is 3.62. The van der Waals surface area contributed by atoms with Crippen LogP contribution in [0.3, 0.4) is 0 Å². The Morgan fingerprint density at radius 2 is 1.71 bits per heavy atom. The van der Waals surface area contributed by atoms with Crippen molar-refractivity contribution in [1.82, 2.24) is 21.7 Å². The van der Waals surface area contributed by atoms with Crippen LogP contribution in [-0.4, -0.2) is 19.3 Å². The number of ether oxygens (including phenoxy) is 2. The van der Waals surface area contributed by atoms with E-state index < -0.39 is 0 Å². The average Bonchev–Trinajstić information content (AvgIpc) is 2.39. The van der Waals surface area contributed by atoms with Gasteiger partial charge in [-0.3, -0.25) is 10.9 Å². The summed E-state index contributed by atoms with van der Waals surface area (Å²) < 4.78 is 10.4. The molecule has 1 saturated heterocycles. The van der Waals surface area contributed by atoms with Crippen LogP contribution in [0.15, 0.2) is 18.2 Å². The molecule has 0 saturated carbocycles. The molecule has 1 fully saturated rings. The van der Waals surface area contributed by atoms with Crippen molar-refractivity contribution in [3.8, 4) is 11.5 Å². The molecule has 0 spiro atoms. The summed E-state index contributed by atoms with van der Waals surface area (Å²) in [7, 11) is 3.21. The van der Waals surface area contributed by atoms with Gasteiger partial charge in [-0.05, 0) is 29.9 Å². The van der Waals surface area contributed by atoms with Crippen molar-refractivity contribution < 1.29 is 9.47 Å². The van der Waals surface area contributed by atoms with Gasteiger partial charge >= 0.3 is 0 Å². The molecule has 7 heteroatoms. The number of rotatable bonds is 3. The SMILES string of the molecule is COc1ccc(C2NNC(=S)NN2)cc1OC. The van der Waals surface area contributed by atoms with Gasteiger partial charge in [0, 0.05) is 0 Å². The first-order valence-corrected chi connectivity index (χ1v) is 5.44. The first-order valence-electron chi connectivity index (χ1n) is 5.03. The minimum Gasteiger partial charge on any atom is -0.493 e. The van der Waals surface area contributed by atoms with Crippen molar-refractivity contribution in [2.75, 3.05) is 14.2 Å². The van der Waals surface area contributed by atoms with E-state index in [4.69, 9.17) is 21.7 Å². The van der Waals surface area contributed by atoms with E-state index in [9.17, 15) is 0 Å². The Labute approximate surface area is 105 Å². The summed E-state index contributed by atoms with van der Waals surface area (Å²) in [6, 6.07) is 5.68. The molecule has 0 aromatic heterocycles. The summed E-state index contributed by atoms with van der Waals surface area (Å²) in [6.07, 6.45) is -0.110. The summed E-state index contributed by atoms with van der Waals surface area (Å²) in [5.74, 6) is 1.38. The van der Waals surface area contributed by atoms with E-state index in [-0.39, 0.29) is 6.17 Å². The molecule has 1 aromatic carbocycles. The van der Waals surface area contributed by atoms with Gasteiger partial charge in [0.25, 0.3) is 0 Å². The highest BCUT2D eigenvalue weighted by atomic mass is 32.1. The predicted octanol–water partition coefficient (Wildman–Crippen LogP) is 0.189. The number of hydrogen-bond donors (Lipinski definition) is 4. The normalized spacial score (nSPS) is 16.0. The molecular formula is C10H14N4O2S. The van der Waals surface area contributed by atoms with Crippen molar-refractivity contribution in [3.05, 3.63) is 23.8 Å². The molecule has 1 aliphatic rings. The van der Waals surface area contributed by atoms with Gasteiger partial charge in [-0.15, -0.1) is 0 Å². The minimum absolute atomic E-state index is 0.110. The molecule has 92 valence electrons. The minimum atomic E-state index is -0.110. The highest BCUT2D eigenvalue weighted by Crippen LogP contribution is 2.29. The van der Waals surface area contributed by atoms with E-state index in [1.54, 1.807) is 14.2 Å². The number of benzene rings is 1. The van der Waals surface area contributed by atoms with Crippen LogP contribution in [0.25, 0.3) is 0 Å². The Morgan fingerprint density at radius 3 is 2.29 bits per heavy atom. The van der Waals surface area contributed by atoms with Crippen molar-refractivity contribution in [2.24, 2.45) is 0 Å². The summed E-state index contributed by atoms with van der Waals surface area (Å²) in [6.45, 7) is 0. The molecule has 17 heavy (non-hydrogen) atoms. The van der Waals surface area contributed by atoms with Crippen molar-refractivity contribution in [1.29, 1.82) is 0 Å².